The summed E-state index contributed by atoms with van der Waals surface area (Å²) in [5, 5.41) is 76.4. The Balaban J connectivity index is 2.23. The lowest BCUT2D eigenvalue weighted by molar-refractivity contribution is -0.303. The molecule has 1 heterocycles. The highest BCUT2D eigenvalue weighted by Crippen LogP contribution is 2.24. The molecule has 8 N–H and O–H groups in total. The second-order valence-corrected chi connectivity index (χ2v) is 23.9. The van der Waals surface area contributed by atoms with Gasteiger partial charge in [0.05, 0.1) is 25.4 Å². The molecule has 1 saturated heterocycles. The maximum absolute atomic E-state index is 13.2. The fourth-order valence-corrected chi connectivity index (χ4v) is 11.2. The molecule has 0 aromatic heterocycles. The summed E-state index contributed by atoms with van der Waals surface area (Å²) < 4.78 is 11.2. The summed E-state index contributed by atoms with van der Waals surface area (Å²) in [6.45, 7) is 3.50. The van der Waals surface area contributed by atoms with E-state index < -0.39 is 74.2 Å². The van der Waals surface area contributed by atoms with Crippen LogP contribution in [0.25, 0.3) is 0 Å². The van der Waals surface area contributed by atoms with E-state index in [1.165, 1.54) is 257 Å². The number of rotatable bonds is 59. The number of carbonyl (C=O) groups is 1. The maximum Gasteiger partial charge on any atom is 0.249 e. The number of ether oxygens (including phenoxy) is 2. The van der Waals surface area contributed by atoms with Crippen molar-refractivity contribution in [3.63, 3.8) is 0 Å². The summed E-state index contributed by atoms with van der Waals surface area (Å²) in [6, 6.07) is -1.18. The number of carbonyl (C=O) groups excluding carboxylic acids is 1. The van der Waals surface area contributed by atoms with E-state index in [9.17, 15) is 40.5 Å². The Morgan fingerprint density at radius 1 is 0.442 bits per heavy atom. The molecule has 9 unspecified atom stereocenters. The summed E-state index contributed by atoms with van der Waals surface area (Å²) >= 11 is 0. The van der Waals surface area contributed by atoms with Crippen LogP contribution in [0.15, 0.2) is 12.2 Å². The summed E-state index contributed by atoms with van der Waals surface area (Å²) in [5.74, 6) is -0.699. The van der Waals surface area contributed by atoms with Gasteiger partial charge in [0.15, 0.2) is 6.29 Å². The molecular weight excluding hydrogens is 967 g/mol. The molecule has 11 heteroatoms. The lowest BCUT2D eigenvalue weighted by Gasteiger charge is -2.40. The first-order chi connectivity index (χ1) is 37.7. The van der Waals surface area contributed by atoms with Crippen molar-refractivity contribution in [1.82, 2.24) is 5.32 Å². The van der Waals surface area contributed by atoms with Gasteiger partial charge in [0.25, 0.3) is 0 Å². The number of aliphatic hydroxyl groups is 7. The smallest absolute Gasteiger partial charge is 0.249 e. The Kier molecular flexibility index (Phi) is 53.1. The van der Waals surface area contributed by atoms with Gasteiger partial charge in [-0.05, 0) is 38.5 Å². The number of unbranched alkanes of at least 4 members (excludes halogenated alkanes) is 45. The van der Waals surface area contributed by atoms with E-state index in [1.54, 1.807) is 0 Å². The summed E-state index contributed by atoms with van der Waals surface area (Å²) in [4.78, 5) is 13.2. The van der Waals surface area contributed by atoms with Crippen molar-refractivity contribution in [2.24, 2.45) is 0 Å². The molecule has 1 amide bonds. The molecule has 1 rings (SSSR count). The van der Waals surface area contributed by atoms with Gasteiger partial charge >= 0.3 is 0 Å². The minimum Gasteiger partial charge on any atom is -0.394 e. The first-order valence-electron chi connectivity index (χ1n) is 33.6. The van der Waals surface area contributed by atoms with E-state index in [2.05, 4.69) is 31.3 Å². The van der Waals surface area contributed by atoms with E-state index in [0.717, 1.165) is 38.5 Å². The van der Waals surface area contributed by atoms with Crippen LogP contribution >= 0.6 is 0 Å². The molecule has 1 aliphatic rings. The normalized spacial score (nSPS) is 19.5. The van der Waals surface area contributed by atoms with Gasteiger partial charge < -0.3 is 50.5 Å². The average Bonchev–Trinajstić information content (AvgIpc) is 3.43. The van der Waals surface area contributed by atoms with Crippen molar-refractivity contribution < 1.29 is 50.0 Å². The number of nitrogens with one attached hydrogen (secondary N) is 1. The van der Waals surface area contributed by atoms with Gasteiger partial charge in [-0.3, -0.25) is 4.79 Å². The minimum atomic E-state index is -1.67. The van der Waals surface area contributed by atoms with Crippen LogP contribution in [0.1, 0.15) is 335 Å². The maximum atomic E-state index is 13.2. The predicted octanol–water partition coefficient (Wildman–Crippen LogP) is 15.5. The molecular formula is C66H129NO10. The lowest BCUT2D eigenvalue weighted by Crippen LogP contribution is -2.60. The molecule has 11 nitrogen and oxygen atoms in total. The van der Waals surface area contributed by atoms with Crippen molar-refractivity contribution in [2.75, 3.05) is 13.2 Å². The molecule has 1 fully saturated rings. The summed E-state index contributed by atoms with van der Waals surface area (Å²) in [7, 11) is 0. The molecule has 9 atom stereocenters. The Labute approximate surface area is 474 Å². The molecule has 0 aliphatic carbocycles. The predicted molar refractivity (Wildman–Crippen MR) is 321 cm³/mol. The lowest BCUT2D eigenvalue weighted by atomic mass is 9.98. The fourth-order valence-electron chi connectivity index (χ4n) is 11.2. The van der Waals surface area contributed by atoms with Crippen molar-refractivity contribution in [3.05, 3.63) is 12.2 Å². The third-order valence-electron chi connectivity index (χ3n) is 16.6. The average molecular weight is 1100 g/mol. The molecule has 458 valence electrons. The second-order valence-electron chi connectivity index (χ2n) is 23.9. The molecule has 0 aromatic carbocycles. The van der Waals surface area contributed by atoms with Crippen molar-refractivity contribution >= 4 is 5.91 Å². The number of amides is 1. The first kappa shape index (κ1) is 73.9. The van der Waals surface area contributed by atoms with Gasteiger partial charge in [-0.2, -0.15) is 0 Å². The van der Waals surface area contributed by atoms with E-state index >= 15 is 0 Å². The largest absolute Gasteiger partial charge is 0.394 e. The molecule has 0 spiro atoms. The van der Waals surface area contributed by atoms with Crippen LogP contribution in [-0.4, -0.2) is 110 Å². The Morgan fingerprint density at radius 2 is 0.766 bits per heavy atom. The zero-order valence-electron chi connectivity index (χ0n) is 50.5. The molecule has 0 bridgehead atoms. The van der Waals surface area contributed by atoms with Crippen LogP contribution in [0, 0.1) is 0 Å². The van der Waals surface area contributed by atoms with Gasteiger partial charge in [-0.1, -0.05) is 309 Å². The molecule has 0 saturated carbocycles. The summed E-state index contributed by atoms with van der Waals surface area (Å²) in [5.41, 5.74) is 0. The SMILES string of the molecule is CCCCCCCCCCCCCCCCCCCCCCCCCC/C=C/CCCC(O)C(O)C(COC1OC(CO)C(O)C(O)C1O)NC(=O)C(O)CCCCCCCCCCCCCCCCCCCCCCC. The first-order valence-corrected chi connectivity index (χ1v) is 33.6. The Morgan fingerprint density at radius 3 is 1.12 bits per heavy atom. The van der Waals surface area contributed by atoms with Gasteiger partial charge in [0.1, 0.15) is 36.6 Å². The zero-order valence-corrected chi connectivity index (χ0v) is 50.5. The number of hydrogen-bond donors (Lipinski definition) is 8. The van der Waals surface area contributed by atoms with Gasteiger partial charge in [0.2, 0.25) is 5.91 Å². The zero-order chi connectivity index (χ0) is 56.1. The van der Waals surface area contributed by atoms with E-state index in [4.69, 9.17) is 9.47 Å². The van der Waals surface area contributed by atoms with Gasteiger partial charge in [0, 0.05) is 0 Å². The van der Waals surface area contributed by atoms with E-state index in [-0.39, 0.29) is 12.8 Å². The van der Waals surface area contributed by atoms with Crippen LogP contribution in [0.4, 0.5) is 0 Å². The van der Waals surface area contributed by atoms with Crippen LogP contribution in [0.2, 0.25) is 0 Å². The van der Waals surface area contributed by atoms with Gasteiger partial charge in [-0.25, -0.2) is 0 Å². The molecule has 1 aliphatic heterocycles. The van der Waals surface area contributed by atoms with Crippen LogP contribution < -0.4 is 5.32 Å². The van der Waals surface area contributed by atoms with E-state index in [1.807, 2.05) is 0 Å². The van der Waals surface area contributed by atoms with Crippen molar-refractivity contribution in [1.29, 1.82) is 0 Å². The topological polar surface area (TPSA) is 189 Å². The number of allylic oxidation sites excluding steroid dienone is 2. The minimum absolute atomic E-state index is 0.260. The molecule has 0 aromatic rings. The second kappa shape index (κ2) is 55.4. The standard InChI is InChI=1S/C66H129NO10/c1-3-5-7-9-11-13-15-17-19-21-23-25-26-27-28-29-30-31-32-34-35-37-39-41-43-45-47-49-51-53-58(69)61(71)57(56-76-66-64(74)63(73)62(72)60(55-68)77-66)67-65(75)59(70)54-52-50-48-46-44-42-40-38-36-33-24-22-20-18-16-14-12-10-8-6-4-2/h45,47,57-64,66,68-74H,3-44,46,48-56H2,1-2H3,(H,67,75)/b47-45+. The number of hydrogen-bond acceptors (Lipinski definition) is 10. The van der Waals surface area contributed by atoms with Gasteiger partial charge in [-0.15, -0.1) is 0 Å². The molecule has 0 radical (unpaired) electrons. The van der Waals surface area contributed by atoms with Crippen LogP contribution in [-0.2, 0) is 14.3 Å². The quantitative estimate of drug-likeness (QED) is 0.0215. The molecule has 77 heavy (non-hydrogen) atoms. The third-order valence-corrected chi connectivity index (χ3v) is 16.6. The Bertz CT molecular complexity index is 1260. The highest BCUT2D eigenvalue weighted by Gasteiger charge is 2.44. The monoisotopic (exact) mass is 1100 g/mol. The summed E-state index contributed by atoms with van der Waals surface area (Å²) in [6.07, 6.45) is 55.8. The van der Waals surface area contributed by atoms with Crippen LogP contribution in [0.5, 0.6) is 0 Å². The Hall–Kier alpha value is -1.15. The van der Waals surface area contributed by atoms with Crippen molar-refractivity contribution in [3.8, 4) is 0 Å². The highest BCUT2D eigenvalue weighted by atomic mass is 16.7. The highest BCUT2D eigenvalue weighted by molar-refractivity contribution is 5.80. The van der Waals surface area contributed by atoms with E-state index in [0.29, 0.717) is 12.8 Å². The third kappa shape index (κ3) is 43.2. The van der Waals surface area contributed by atoms with Crippen LogP contribution in [0.3, 0.4) is 0 Å². The fraction of sp³-hybridized carbons (Fsp3) is 0.955. The number of aliphatic hydroxyl groups excluding tert-OH is 7. The van der Waals surface area contributed by atoms with Crippen molar-refractivity contribution in [2.45, 2.75) is 390 Å².